The summed E-state index contributed by atoms with van der Waals surface area (Å²) >= 11 is 1.19. The molecule has 0 atom stereocenters. The summed E-state index contributed by atoms with van der Waals surface area (Å²) in [6, 6.07) is 8.10. The van der Waals surface area contributed by atoms with E-state index in [2.05, 4.69) is 29.5 Å². The summed E-state index contributed by atoms with van der Waals surface area (Å²) in [7, 11) is 2.07. The van der Waals surface area contributed by atoms with Gasteiger partial charge >= 0.3 is 0 Å². The summed E-state index contributed by atoms with van der Waals surface area (Å²) < 4.78 is 0. The molecule has 1 aromatic rings. The smallest absolute Gasteiger partial charge is 0.138 e. The highest BCUT2D eigenvalue weighted by molar-refractivity contribution is 8.03. The predicted molar refractivity (Wildman–Crippen MR) is 70.8 cm³/mol. The van der Waals surface area contributed by atoms with Crippen molar-refractivity contribution in [1.29, 1.82) is 5.26 Å². The maximum absolute atomic E-state index is 8.73. The van der Waals surface area contributed by atoms with Crippen molar-refractivity contribution in [3.8, 4) is 5.40 Å². The molecule has 0 aliphatic rings. The lowest BCUT2D eigenvalue weighted by molar-refractivity contribution is 0.248. The van der Waals surface area contributed by atoms with E-state index in [1.54, 1.807) is 0 Å². The molecule has 0 aliphatic heterocycles. The standard InChI is InChI=1S/C13H18N2OS/c1-15(8-2-10-16)9-7-12-3-5-13(6-4-12)17-11-14/h3-6,16H,2,7-10H2,1H3. The minimum Gasteiger partial charge on any atom is -0.396 e. The third-order valence-electron chi connectivity index (χ3n) is 2.57. The van der Waals surface area contributed by atoms with Crippen molar-refractivity contribution in [3.05, 3.63) is 29.8 Å². The van der Waals surface area contributed by atoms with Crippen LogP contribution in [0.5, 0.6) is 0 Å². The number of thiocyanates is 1. The van der Waals surface area contributed by atoms with Crippen LogP contribution >= 0.6 is 11.8 Å². The molecule has 1 aromatic carbocycles. The number of nitriles is 1. The topological polar surface area (TPSA) is 47.3 Å². The van der Waals surface area contributed by atoms with Crippen LogP contribution in [0.3, 0.4) is 0 Å². The Morgan fingerprint density at radius 2 is 2.00 bits per heavy atom. The summed E-state index contributed by atoms with van der Waals surface area (Å²) in [5, 5.41) is 19.3. The van der Waals surface area contributed by atoms with Crippen LogP contribution in [0.15, 0.2) is 29.2 Å². The van der Waals surface area contributed by atoms with Gasteiger partial charge in [0.2, 0.25) is 0 Å². The van der Waals surface area contributed by atoms with E-state index < -0.39 is 0 Å². The van der Waals surface area contributed by atoms with Gasteiger partial charge in [-0.25, -0.2) is 0 Å². The molecule has 0 amide bonds. The largest absolute Gasteiger partial charge is 0.396 e. The molecule has 0 spiro atoms. The van der Waals surface area contributed by atoms with Gasteiger partial charge < -0.3 is 10.0 Å². The van der Waals surface area contributed by atoms with Crippen LogP contribution in [-0.4, -0.2) is 36.8 Å². The highest BCUT2D eigenvalue weighted by atomic mass is 32.2. The first-order valence-electron chi connectivity index (χ1n) is 5.70. The van der Waals surface area contributed by atoms with E-state index in [0.717, 1.165) is 30.8 Å². The van der Waals surface area contributed by atoms with E-state index >= 15 is 0 Å². The Hall–Kier alpha value is -1.02. The third-order valence-corrected chi connectivity index (χ3v) is 3.17. The Morgan fingerprint density at radius 3 is 2.59 bits per heavy atom. The fourth-order valence-corrected chi connectivity index (χ4v) is 1.93. The maximum Gasteiger partial charge on any atom is 0.138 e. The molecule has 17 heavy (non-hydrogen) atoms. The number of aliphatic hydroxyl groups is 1. The molecule has 1 N–H and O–H groups in total. The van der Waals surface area contributed by atoms with Crippen molar-refractivity contribution < 1.29 is 5.11 Å². The van der Waals surface area contributed by atoms with E-state index in [1.165, 1.54) is 17.3 Å². The van der Waals surface area contributed by atoms with Gasteiger partial charge in [-0.3, -0.25) is 0 Å². The highest BCUT2D eigenvalue weighted by Crippen LogP contribution is 2.16. The Balaban J connectivity index is 2.34. The van der Waals surface area contributed by atoms with Crippen molar-refractivity contribution in [2.45, 2.75) is 17.7 Å². The minimum absolute atomic E-state index is 0.254. The Bertz CT molecular complexity index is 359. The van der Waals surface area contributed by atoms with Crippen molar-refractivity contribution in [2.75, 3.05) is 26.7 Å². The van der Waals surface area contributed by atoms with Crippen LogP contribution in [0.4, 0.5) is 0 Å². The van der Waals surface area contributed by atoms with Gasteiger partial charge in [-0.15, -0.1) is 0 Å². The number of rotatable bonds is 7. The number of aliphatic hydroxyl groups excluding tert-OH is 1. The van der Waals surface area contributed by atoms with Gasteiger partial charge in [0.1, 0.15) is 5.40 Å². The zero-order chi connectivity index (χ0) is 12.5. The average Bonchev–Trinajstić information content (AvgIpc) is 2.36. The first-order valence-corrected chi connectivity index (χ1v) is 6.52. The quantitative estimate of drug-likeness (QED) is 0.595. The number of likely N-dealkylation sites (N-methyl/N-ethyl adjacent to an activating group) is 1. The number of thioether (sulfide) groups is 1. The number of nitrogens with zero attached hydrogens (tertiary/aromatic N) is 2. The van der Waals surface area contributed by atoms with Crippen molar-refractivity contribution in [2.24, 2.45) is 0 Å². The Morgan fingerprint density at radius 1 is 1.29 bits per heavy atom. The minimum atomic E-state index is 0.254. The summed E-state index contributed by atoms with van der Waals surface area (Å²) in [6.07, 6.45) is 1.83. The molecule has 1 rings (SSSR count). The van der Waals surface area contributed by atoms with E-state index in [1.807, 2.05) is 12.1 Å². The second-order valence-electron chi connectivity index (χ2n) is 3.97. The monoisotopic (exact) mass is 250 g/mol. The van der Waals surface area contributed by atoms with Gasteiger partial charge in [0.15, 0.2) is 0 Å². The number of hydrogen-bond acceptors (Lipinski definition) is 4. The SMILES string of the molecule is CN(CCCO)CCc1ccc(SC#N)cc1. The first kappa shape index (κ1) is 14.0. The van der Waals surface area contributed by atoms with Crippen LogP contribution in [0.1, 0.15) is 12.0 Å². The molecule has 0 bridgehead atoms. The van der Waals surface area contributed by atoms with Crippen LogP contribution in [-0.2, 0) is 6.42 Å². The molecule has 4 heteroatoms. The predicted octanol–water partition coefficient (Wildman–Crippen LogP) is 2.12. The molecule has 0 saturated heterocycles. The van der Waals surface area contributed by atoms with E-state index in [0.29, 0.717) is 0 Å². The maximum atomic E-state index is 8.73. The van der Waals surface area contributed by atoms with Gasteiger partial charge in [0, 0.05) is 24.6 Å². The van der Waals surface area contributed by atoms with E-state index in [-0.39, 0.29) is 6.61 Å². The molecule has 0 unspecified atom stereocenters. The van der Waals surface area contributed by atoms with E-state index in [4.69, 9.17) is 10.4 Å². The van der Waals surface area contributed by atoms with Gasteiger partial charge in [-0.1, -0.05) is 12.1 Å². The van der Waals surface area contributed by atoms with Crippen molar-refractivity contribution in [1.82, 2.24) is 4.90 Å². The number of hydrogen-bond donors (Lipinski definition) is 1. The molecule has 0 heterocycles. The van der Waals surface area contributed by atoms with Crippen LogP contribution in [0.25, 0.3) is 0 Å². The fourth-order valence-electron chi connectivity index (χ4n) is 1.55. The van der Waals surface area contributed by atoms with E-state index in [9.17, 15) is 0 Å². The molecular formula is C13H18N2OS. The second-order valence-corrected chi connectivity index (χ2v) is 4.83. The van der Waals surface area contributed by atoms with Crippen molar-refractivity contribution >= 4 is 11.8 Å². The molecule has 0 saturated carbocycles. The van der Waals surface area contributed by atoms with Crippen LogP contribution < -0.4 is 0 Å². The van der Waals surface area contributed by atoms with Crippen LogP contribution in [0, 0.1) is 10.7 Å². The molecule has 0 aromatic heterocycles. The van der Waals surface area contributed by atoms with Gasteiger partial charge in [-0.05, 0) is 49.3 Å². The highest BCUT2D eigenvalue weighted by Gasteiger charge is 1.99. The Kier molecular flexibility index (Phi) is 6.71. The second kappa shape index (κ2) is 8.13. The normalized spacial score (nSPS) is 10.5. The fraction of sp³-hybridized carbons (Fsp3) is 0.462. The lowest BCUT2D eigenvalue weighted by Gasteiger charge is -2.15. The molecular weight excluding hydrogens is 232 g/mol. The molecule has 0 aliphatic carbocycles. The lowest BCUT2D eigenvalue weighted by atomic mass is 10.1. The number of benzene rings is 1. The van der Waals surface area contributed by atoms with Crippen molar-refractivity contribution in [3.63, 3.8) is 0 Å². The van der Waals surface area contributed by atoms with Crippen LogP contribution in [0.2, 0.25) is 0 Å². The molecule has 0 radical (unpaired) electrons. The third kappa shape index (κ3) is 5.73. The van der Waals surface area contributed by atoms with Gasteiger partial charge in [0.05, 0.1) is 0 Å². The summed E-state index contributed by atoms with van der Waals surface area (Å²) in [5.74, 6) is 0. The molecule has 92 valence electrons. The average molecular weight is 250 g/mol. The molecule has 3 nitrogen and oxygen atoms in total. The Labute approximate surface area is 107 Å². The summed E-state index contributed by atoms with van der Waals surface area (Å²) in [6.45, 7) is 2.17. The zero-order valence-electron chi connectivity index (χ0n) is 10.1. The van der Waals surface area contributed by atoms with Gasteiger partial charge in [-0.2, -0.15) is 5.26 Å². The lowest BCUT2D eigenvalue weighted by Crippen LogP contribution is -2.23. The van der Waals surface area contributed by atoms with Gasteiger partial charge in [0.25, 0.3) is 0 Å². The summed E-state index contributed by atoms with van der Waals surface area (Å²) in [5.41, 5.74) is 1.28. The first-order chi connectivity index (χ1) is 8.26. The zero-order valence-corrected chi connectivity index (χ0v) is 10.9. The molecule has 0 fully saturated rings. The summed E-state index contributed by atoms with van der Waals surface area (Å²) in [4.78, 5) is 3.21.